The molecule has 2 aromatic carbocycles. The van der Waals surface area contributed by atoms with E-state index >= 15 is 0 Å². The normalized spacial score (nSPS) is 16.0. The highest BCUT2D eigenvalue weighted by Gasteiger charge is 2.28. The van der Waals surface area contributed by atoms with E-state index in [1.54, 1.807) is 19.1 Å². The molecule has 0 aromatic heterocycles. The molecule has 1 aliphatic heterocycles. The monoisotopic (exact) mass is 383 g/mol. The third-order valence-corrected chi connectivity index (χ3v) is 5.89. The second kappa shape index (κ2) is 8.65. The second-order valence-electron chi connectivity index (χ2n) is 7.60. The molecule has 3 rings (SSSR count). The van der Waals surface area contributed by atoms with Gasteiger partial charge in [0.05, 0.1) is 46.0 Å². The van der Waals surface area contributed by atoms with Crippen molar-refractivity contribution in [2.24, 2.45) is 0 Å². The Morgan fingerprint density at radius 1 is 1.04 bits per heavy atom. The summed E-state index contributed by atoms with van der Waals surface area (Å²) < 4.78 is 10.9. The highest BCUT2D eigenvalue weighted by molar-refractivity contribution is 5.78. The van der Waals surface area contributed by atoms with Gasteiger partial charge in [-0.2, -0.15) is 0 Å². The molecule has 1 atom stereocenters. The number of rotatable bonds is 6. The smallest absolute Gasteiger partial charge is 0.150 e. The molecular formula is C23H31N2O3+. The molecule has 5 heteroatoms. The van der Waals surface area contributed by atoms with Gasteiger partial charge in [-0.05, 0) is 56.2 Å². The van der Waals surface area contributed by atoms with Gasteiger partial charge in [-0.1, -0.05) is 0 Å². The molecule has 0 unspecified atom stereocenters. The van der Waals surface area contributed by atoms with Crippen LogP contribution in [0.4, 0.5) is 5.69 Å². The summed E-state index contributed by atoms with van der Waals surface area (Å²) in [5, 5.41) is 0. The zero-order valence-electron chi connectivity index (χ0n) is 17.5. The number of nitrogens with one attached hydrogen (secondary N) is 1. The summed E-state index contributed by atoms with van der Waals surface area (Å²) >= 11 is 0. The number of ether oxygens (including phenoxy) is 2. The van der Waals surface area contributed by atoms with Crippen molar-refractivity contribution >= 4 is 12.0 Å². The standard InChI is InChI=1S/C23H30N2O3/c1-16-12-19(15-26)13-17(2)23(16)25-10-8-24(9-11-25)18(3)21-7-6-20(27-4)14-22(21)28-5/h6-7,12-15,18H,8-11H2,1-5H3/p+1/t18-/m0/s1. The van der Waals surface area contributed by atoms with Gasteiger partial charge in [-0.3, -0.25) is 4.79 Å². The fourth-order valence-corrected chi connectivity index (χ4v) is 4.40. The molecule has 5 nitrogen and oxygen atoms in total. The van der Waals surface area contributed by atoms with Crippen molar-refractivity contribution in [2.45, 2.75) is 26.8 Å². The number of aldehydes is 1. The minimum Gasteiger partial charge on any atom is -0.497 e. The number of quaternary nitrogens is 1. The molecule has 1 aliphatic rings. The van der Waals surface area contributed by atoms with E-state index in [1.165, 1.54) is 22.4 Å². The number of nitrogens with zero attached hydrogens (tertiary/aromatic N) is 1. The first-order chi connectivity index (χ1) is 13.5. The lowest BCUT2D eigenvalue weighted by atomic mass is 10.0. The minimum atomic E-state index is 0.350. The van der Waals surface area contributed by atoms with Crippen molar-refractivity contribution in [3.05, 3.63) is 52.6 Å². The lowest BCUT2D eigenvalue weighted by molar-refractivity contribution is -0.930. The van der Waals surface area contributed by atoms with Crippen molar-refractivity contribution in [2.75, 3.05) is 45.3 Å². The summed E-state index contributed by atoms with van der Waals surface area (Å²) in [7, 11) is 3.39. The van der Waals surface area contributed by atoms with E-state index < -0.39 is 0 Å². The number of aryl methyl sites for hydroxylation is 2. The van der Waals surface area contributed by atoms with E-state index in [0.29, 0.717) is 6.04 Å². The number of piperazine rings is 1. The first-order valence-corrected chi connectivity index (χ1v) is 9.86. The lowest BCUT2D eigenvalue weighted by Gasteiger charge is -2.38. The molecule has 0 radical (unpaired) electrons. The van der Waals surface area contributed by atoms with Gasteiger partial charge in [0, 0.05) is 17.3 Å². The quantitative estimate of drug-likeness (QED) is 0.779. The maximum Gasteiger partial charge on any atom is 0.150 e. The second-order valence-corrected chi connectivity index (χ2v) is 7.60. The Balaban J connectivity index is 1.73. The lowest BCUT2D eigenvalue weighted by Crippen LogP contribution is -3.14. The van der Waals surface area contributed by atoms with Crippen LogP contribution in [0.3, 0.4) is 0 Å². The van der Waals surface area contributed by atoms with Gasteiger partial charge in [0.15, 0.2) is 0 Å². The van der Waals surface area contributed by atoms with Gasteiger partial charge in [-0.25, -0.2) is 0 Å². The van der Waals surface area contributed by atoms with Crippen LogP contribution in [0.15, 0.2) is 30.3 Å². The number of benzene rings is 2. The van der Waals surface area contributed by atoms with Crippen LogP contribution in [0.2, 0.25) is 0 Å². The third kappa shape index (κ3) is 3.99. The van der Waals surface area contributed by atoms with E-state index in [2.05, 4.69) is 31.7 Å². The SMILES string of the molecule is COc1ccc([C@H](C)[NH+]2CCN(c3c(C)cc(C=O)cc3C)CC2)c(OC)c1. The first-order valence-electron chi connectivity index (χ1n) is 9.86. The highest BCUT2D eigenvalue weighted by Crippen LogP contribution is 2.29. The maximum absolute atomic E-state index is 11.1. The van der Waals surface area contributed by atoms with Crippen LogP contribution >= 0.6 is 0 Å². The largest absolute Gasteiger partial charge is 0.497 e. The zero-order chi connectivity index (χ0) is 20.3. The van der Waals surface area contributed by atoms with Crippen molar-refractivity contribution in [3.63, 3.8) is 0 Å². The van der Waals surface area contributed by atoms with Crippen molar-refractivity contribution < 1.29 is 19.2 Å². The van der Waals surface area contributed by atoms with Gasteiger partial charge < -0.3 is 19.3 Å². The number of methoxy groups -OCH3 is 2. The van der Waals surface area contributed by atoms with Crippen LogP contribution in [0.25, 0.3) is 0 Å². The number of hydrogen-bond donors (Lipinski definition) is 1. The Bertz CT molecular complexity index is 819. The summed E-state index contributed by atoms with van der Waals surface area (Å²) in [6, 6.07) is 10.4. The number of carbonyl (C=O) groups is 1. The Hall–Kier alpha value is -2.53. The van der Waals surface area contributed by atoms with E-state index in [4.69, 9.17) is 9.47 Å². The minimum absolute atomic E-state index is 0.350. The van der Waals surface area contributed by atoms with Gasteiger partial charge >= 0.3 is 0 Å². The molecular weight excluding hydrogens is 352 g/mol. The van der Waals surface area contributed by atoms with E-state index in [0.717, 1.165) is 49.5 Å². The maximum atomic E-state index is 11.1. The van der Waals surface area contributed by atoms with Gasteiger partial charge in [0.1, 0.15) is 23.8 Å². The molecule has 1 N–H and O–H groups in total. The van der Waals surface area contributed by atoms with Crippen molar-refractivity contribution in [1.29, 1.82) is 0 Å². The molecule has 0 aliphatic carbocycles. The summed E-state index contributed by atoms with van der Waals surface area (Å²) in [6.07, 6.45) is 0.926. The summed E-state index contributed by atoms with van der Waals surface area (Å²) in [6.45, 7) is 10.6. The summed E-state index contributed by atoms with van der Waals surface area (Å²) in [5.74, 6) is 1.70. The number of carbonyl (C=O) groups excluding carboxylic acids is 1. The molecule has 2 aromatic rings. The highest BCUT2D eigenvalue weighted by atomic mass is 16.5. The van der Waals surface area contributed by atoms with Gasteiger partial charge in [-0.15, -0.1) is 0 Å². The molecule has 0 amide bonds. The average molecular weight is 384 g/mol. The van der Waals surface area contributed by atoms with Crippen LogP contribution in [-0.4, -0.2) is 46.7 Å². The van der Waals surface area contributed by atoms with Gasteiger partial charge in [0.2, 0.25) is 0 Å². The van der Waals surface area contributed by atoms with Crippen LogP contribution in [0.5, 0.6) is 11.5 Å². The topological polar surface area (TPSA) is 43.2 Å². The third-order valence-electron chi connectivity index (χ3n) is 5.89. The fourth-order valence-electron chi connectivity index (χ4n) is 4.40. The Kier molecular flexibility index (Phi) is 6.25. The fraction of sp³-hybridized carbons (Fsp3) is 0.435. The molecule has 0 bridgehead atoms. The molecule has 1 fully saturated rings. The Labute approximate surface area is 167 Å². The van der Waals surface area contributed by atoms with E-state index in [-0.39, 0.29) is 0 Å². The van der Waals surface area contributed by atoms with E-state index in [9.17, 15) is 4.79 Å². The summed E-state index contributed by atoms with van der Waals surface area (Å²) in [5.41, 5.74) is 5.60. The van der Waals surface area contributed by atoms with Crippen molar-refractivity contribution in [1.82, 2.24) is 0 Å². The zero-order valence-corrected chi connectivity index (χ0v) is 17.5. The predicted octanol–water partition coefficient (Wildman–Crippen LogP) is 2.60. The molecule has 150 valence electrons. The summed E-state index contributed by atoms with van der Waals surface area (Å²) in [4.78, 5) is 15.1. The average Bonchev–Trinajstić information content (AvgIpc) is 2.72. The Morgan fingerprint density at radius 2 is 1.68 bits per heavy atom. The molecule has 0 spiro atoms. The Morgan fingerprint density at radius 3 is 2.21 bits per heavy atom. The van der Waals surface area contributed by atoms with E-state index in [1.807, 2.05) is 24.3 Å². The van der Waals surface area contributed by atoms with Crippen LogP contribution in [0, 0.1) is 13.8 Å². The number of anilines is 1. The first kappa shape index (κ1) is 20.2. The van der Waals surface area contributed by atoms with Crippen LogP contribution in [0.1, 0.15) is 40.0 Å². The van der Waals surface area contributed by atoms with Crippen LogP contribution < -0.4 is 19.3 Å². The number of hydrogen-bond acceptors (Lipinski definition) is 4. The van der Waals surface area contributed by atoms with Crippen LogP contribution in [-0.2, 0) is 0 Å². The molecule has 28 heavy (non-hydrogen) atoms. The van der Waals surface area contributed by atoms with Gasteiger partial charge in [0.25, 0.3) is 0 Å². The molecule has 1 saturated heterocycles. The molecule has 1 heterocycles. The van der Waals surface area contributed by atoms with Crippen molar-refractivity contribution in [3.8, 4) is 11.5 Å². The predicted molar refractivity (Wildman–Crippen MR) is 112 cm³/mol. The molecule has 0 saturated carbocycles.